The molecule has 0 spiro atoms. The summed E-state index contributed by atoms with van der Waals surface area (Å²) in [6.07, 6.45) is 0. The van der Waals surface area contributed by atoms with E-state index in [0.29, 0.717) is 17.3 Å². The molecule has 2 heterocycles. The molecule has 2 aromatic heterocycles. The summed E-state index contributed by atoms with van der Waals surface area (Å²) in [4.78, 5) is 11.7. The van der Waals surface area contributed by atoms with Gasteiger partial charge in [-0.2, -0.15) is 5.10 Å². The van der Waals surface area contributed by atoms with E-state index in [1.165, 1.54) is 13.1 Å². The quantitative estimate of drug-likeness (QED) is 0.861. The molecule has 84 valence electrons. The van der Waals surface area contributed by atoms with Gasteiger partial charge in [-0.15, -0.1) is 0 Å². The van der Waals surface area contributed by atoms with Crippen molar-refractivity contribution in [3.8, 4) is 0 Å². The first-order valence-electron chi connectivity index (χ1n) is 4.50. The third-order valence-electron chi connectivity index (χ3n) is 1.92. The third-order valence-corrected chi connectivity index (χ3v) is 2.11. The van der Waals surface area contributed by atoms with Gasteiger partial charge in [0.2, 0.25) is 0 Å². The van der Waals surface area contributed by atoms with Crippen LogP contribution >= 0.6 is 11.6 Å². The average Bonchev–Trinajstić information content (AvgIpc) is 2.60. The number of hydrogen-bond donors (Lipinski definition) is 1. The molecule has 16 heavy (non-hydrogen) atoms. The van der Waals surface area contributed by atoms with Crippen molar-refractivity contribution in [2.45, 2.75) is 6.92 Å². The molecule has 0 aliphatic rings. The fourth-order valence-corrected chi connectivity index (χ4v) is 1.45. The highest BCUT2D eigenvalue weighted by atomic mass is 35.5. The fraction of sp³-hybridized carbons (Fsp3) is 0.222. The maximum absolute atomic E-state index is 11.7. The smallest absolute Gasteiger partial charge is 0.290 e. The Morgan fingerprint density at radius 1 is 1.50 bits per heavy atom. The average molecular weight is 241 g/mol. The highest BCUT2D eigenvalue weighted by molar-refractivity contribution is 6.29. The van der Waals surface area contributed by atoms with Crippen LogP contribution in [0.2, 0.25) is 5.15 Å². The zero-order chi connectivity index (χ0) is 11.7. The van der Waals surface area contributed by atoms with E-state index in [0.717, 1.165) is 4.68 Å². The van der Waals surface area contributed by atoms with Crippen LogP contribution in [-0.2, 0) is 7.05 Å². The lowest BCUT2D eigenvalue weighted by Gasteiger charge is -2.03. The minimum absolute atomic E-state index is 0.227. The molecule has 0 aliphatic carbocycles. The summed E-state index contributed by atoms with van der Waals surface area (Å²) < 4.78 is 6.02. The van der Waals surface area contributed by atoms with Crippen LogP contribution in [-0.4, -0.2) is 14.9 Å². The summed E-state index contributed by atoms with van der Waals surface area (Å²) in [6, 6.07) is 3.11. The first kappa shape index (κ1) is 10.7. The van der Waals surface area contributed by atoms with E-state index in [1.54, 1.807) is 13.0 Å². The summed E-state index contributed by atoms with van der Waals surface area (Å²) in [7, 11) is 1.52. The van der Waals surface area contributed by atoms with E-state index in [2.05, 4.69) is 15.6 Å². The largest absolute Gasteiger partial charge is 0.360 e. The number of anilines is 2. The van der Waals surface area contributed by atoms with Crippen molar-refractivity contribution in [2.75, 3.05) is 5.32 Å². The maximum atomic E-state index is 11.7. The predicted octanol–water partition coefficient (Wildman–Crippen LogP) is 1.47. The molecule has 2 rings (SSSR count). The zero-order valence-corrected chi connectivity index (χ0v) is 9.45. The Kier molecular flexibility index (Phi) is 2.66. The number of aryl methyl sites for hydroxylation is 2. The molecule has 0 aliphatic heterocycles. The molecule has 2 aromatic rings. The predicted molar refractivity (Wildman–Crippen MR) is 59.0 cm³/mol. The van der Waals surface area contributed by atoms with E-state index in [9.17, 15) is 4.79 Å². The van der Waals surface area contributed by atoms with Crippen molar-refractivity contribution in [3.05, 3.63) is 33.4 Å². The summed E-state index contributed by atoms with van der Waals surface area (Å²) >= 11 is 5.74. The van der Waals surface area contributed by atoms with Gasteiger partial charge in [-0.1, -0.05) is 16.8 Å². The van der Waals surface area contributed by atoms with E-state index < -0.39 is 0 Å². The third kappa shape index (κ3) is 2.06. The van der Waals surface area contributed by atoms with Crippen LogP contribution in [0.15, 0.2) is 21.5 Å². The van der Waals surface area contributed by atoms with Gasteiger partial charge in [0.15, 0.2) is 11.0 Å². The molecule has 0 amide bonds. The molecular weight excluding hydrogens is 232 g/mol. The van der Waals surface area contributed by atoms with Gasteiger partial charge in [-0.25, -0.2) is 4.68 Å². The molecule has 6 nitrogen and oxygen atoms in total. The second kappa shape index (κ2) is 3.97. The highest BCUT2D eigenvalue weighted by Gasteiger charge is 2.07. The minimum atomic E-state index is -0.287. The molecule has 1 N–H and O–H groups in total. The standard InChI is InChI=1S/C9H9ClN4O2/c1-5-3-8(13-16-5)11-6-4-7(10)12-14(2)9(6)15/h3-4H,1-2H3,(H,11,13). The Hall–Kier alpha value is -1.82. The minimum Gasteiger partial charge on any atom is -0.360 e. The van der Waals surface area contributed by atoms with Crippen molar-refractivity contribution in [1.82, 2.24) is 14.9 Å². The Bertz CT molecular complexity index is 575. The summed E-state index contributed by atoms with van der Waals surface area (Å²) in [5, 5.41) is 10.5. The van der Waals surface area contributed by atoms with Gasteiger partial charge in [0.05, 0.1) is 0 Å². The monoisotopic (exact) mass is 240 g/mol. The normalized spacial score (nSPS) is 10.4. The van der Waals surface area contributed by atoms with Gasteiger partial charge in [-0.05, 0) is 6.92 Å². The van der Waals surface area contributed by atoms with Gasteiger partial charge in [-0.3, -0.25) is 4.79 Å². The first-order chi connectivity index (χ1) is 7.56. The van der Waals surface area contributed by atoms with Crippen LogP contribution in [0.5, 0.6) is 0 Å². The lowest BCUT2D eigenvalue weighted by Crippen LogP contribution is -2.22. The molecule has 7 heteroatoms. The number of nitrogens with zero attached hydrogens (tertiary/aromatic N) is 3. The second-order valence-corrected chi connectivity index (χ2v) is 3.64. The van der Waals surface area contributed by atoms with Crippen LogP contribution < -0.4 is 10.9 Å². The summed E-state index contributed by atoms with van der Waals surface area (Å²) in [6.45, 7) is 1.76. The first-order valence-corrected chi connectivity index (χ1v) is 4.88. The Labute approximate surface area is 95.8 Å². The molecule has 0 saturated carbocycles. The van der Waals surface area contributed by atoms with Gasteiger partial charge in [0.1, 0.15) is 11.4 Å². The highest BCUT2D eigenvalue weighted by Crippen LogP contribution is 2.14. The Balaban J connectivity index is 2.38. The Morgan fingerprint density at radius 2 is 2.25 bits per heavy atom. The van der Waals surface area contributed by atoms with Gasteiger partial charge in [0, 0.05) is 19.2 Å². The molecule has 0 saturated heterocycles. The SMILES string of the molecule is Cc1cc(Nc2cc(Cl)nn(C)c2=O)no1. The summed E-state index contributed by atoms with van der Waals surface area (Å²) in [5.41, 5.74) is 0.0147. The van der Waals surface area contributed by atoms with Gasteiger partial charge >= 0.3 is 0 Å². The lowest BCUT2D eigenvalue weighted by atomic mass is 10.4. The van der Waals surface area contributed by atoms with Crippen molar-refractivity contribution in [1.29, 1.82) is 0 Å². The van der Waals surface area contributed by atoms with Crippen LogP contribution in [0.3, 0.4) is 0 Å². The summed E-state index contributed by atoms with van der Waals surface area (Å²) in [5.74, 6) is 1.11. The molecule has 0 aromatic carbocycles. The van der Waals surface area contributed by atoms with E-state index >= 15 is 0 Å². The van der Waals surface area contributed by atoms with Crippen molar-refractivity contribution in [3.63, 3.8) is 0 Å². The van der Waals surface area contributed by atoms with Crippen LogP contribution in [0.4, 0.5) is 11.5 Å². The van der Waals surface area contributed by atoms with Gasteiger partial charge in [0.25, 0.3) is 5.56 Å². The van der Waals surface area contributed by atoms with E-state index in [4.69, 9.17) is 16.1 Å². The number of nitrogens with one attached hydrogen (secondary N) is 1. The topological polar surface area (TPSA) is 73.0 Å². The van der Waals surface area contributed by atoms with Gasteiger partial charge < -0.3 is 9.84 Å². The van der Waals surface area contributed by atoms with Crippen molar-refractivity contribution >= 4 is 23.1 Å². The molecule has 0 fully saturated rings. The molecule has 0 atom stereocenters. The van der Waals surface area contributed by atoms with Crippen LogP contribution in [0.25, 0.3) is 0 Å². The molecule has 0 radical (unpaired) electrons. The number of rotatable bonds is 2. The van der Waals surface area contributed by atoms with Crippen LogP contribution in [0.1, 0.15) is 5.76 Å². The van der Waals surface area contributed by atoms with E-state index in [1.807, 2.05) is 0 Å². The molecule has 0 unspecified atom stereocenters. The number of halogens is 1. The number of aromatic nitrogens is 3. The zero-order valence-electron chi connectivity index (χ0n) is 8.69. The van der Waals surface area contributed by atoms with Crippen LogP contribution in [0, 0.1) is 6.92 Å². The second-order valence-electron chi connectivity index (χ2n) is 3.26. The van der Waals surface area contributed by atoms with Crippen molar-refractivity contribution < 1.29 is 4.52 Å². The lowest BCUT2D eigenvalue weighted by molar-refractivity contribution is 0.400. The Morgan fingerprint density at radius 3 is 2.88 bits per heavy atom. The maximum Gasteiger partial charge on any atom is 0.290 e. The van der Waals surface area contributed by atoms with E-state index in [-0.39, 0.29) is 10.7 Å². The number of hydrogen-bond acceptors (Lipinski definition) is 5. The molecular formula is C9H9ClN4O2. The fourth-order valence-electron chi connectivity index (χ4n) is 1.23. The van der Waals surface area contributed by atoms with Crippen molar-refractivity contribution in [2.24, 2.45) is 7.05 Å². The molecule has 0 bridgehead atoms.